The molecule has 0 saturated heterocycles. The van der Waals surface area contributed by atoms with Gasteiger partial charge in [-0.15, -0.1) is 0 Å². The Hall–Kier alpha value is -1.06. The summed E-state index contributed by atoms with van der Waals surface area (Å²) >= 11 is 0. The van der Waals surface area contributed by atoms with Crippen LogP contribution >= 0.6 is 0 Å². The fourth-order valence-electron chi connectivity index (χ4n) is 1.18. The fourth-order valence-corrected chi connectivity index (χ4v) is 1.18. The Morgan fingerprint density at radius 3 is 2.57 bits per heavy atom. The second-order valence-corrected chi connectivity index (χ2v) is 3.10. The predicted octanol–water partition coefficient (Wildman–Crippen LogP) is 1.17. The number of hydrogen-bond donors (Lipinski definition) is 2. The van der Waals surface area contributed by atoms with E-state index in [0.717, 1.165) is 25.3 Å². The van der Waals surface area contributed by atoms with Crippen molar-refractivity contribution in [3.63, 3.8) is 0 Å². The normalized spacial score (nSPS) is 10.1. The minimum Gasteiger partial charge on any atom is -0.497 e. The Morgan fingerprint density at radius 2 is 2.00 bits per heavy atom. The average molecular weight is 195 g/mol. The first-order valence-corrected chi connectivity index (χ1v) is 4.81. The topological polar surface area (TPSA) is 41.5 Å². The zero-order chi connectivity index (χ0) is 10.2. The van der Waals surface area contributed by atoms with Crippen molar-refractivity contribution in [2.75, 3.05) is 20.3 Å². The molecule has 1 aromatic carbocycles. The quantitative estimate of drug-likeness (QED) is 0.669. The van der Waals surface area contributed by atoms with E-state index in [9.17, 15) is 0 Å². The van der Waals surface area contributed by atoms with Crippen LogP contribution in [0.4, 0.5) is 0 Å². The smallest absolute Gasteiger partial charge is 0.118 e. The fraction of sp³-hybridized carbons (Fsp3) is 0.455. The van der Waals surface area contributed by atoms with Gasteiger partial charge in [0, 0.05) is 13.2 Å². The van der Waals surface area contributed by atoms with Gasteiger partial charge in [-0.3, -0.25) is 0 Å². The maximum Gasteiger partial charge on any atom is 0.118 e. The van der Waals surface area contributed by atoms with Crippen molar-refractivity contribution in [1.29, 1.82) is 0 Å². The van der Waals surface area contributed by atoms with Crippen LogP contribution in [-0.4, -0.2) is 25.4 Å². The van der Waals surface area contributed by atoms with E-state index in [1.54, 1.807) is 7.11 Å². The molecular weight excluding hydrogens is 178 g/mol. The third-order valence-electron chi connectivity index (χ3n) is 2.00. The highest BCUT2D eigenvalue weighted by atomic mass is 16.5. The molecule has 0 spiro atoms. The Kier molecular flexibility index (Phi) is 5.04. The molecule has 0 saturated carbocycles. The maximum absolute atomic E-state index is 8.58. The zero-order valence-corrected chi connectivity index (χ0v) is 8.49. The predicted molar refractivity (Wildman–Crippen MR) is 56.4 cm³/mol. The molecule has 0 heterocycles. The molecule has 14 heavy (non-hydrogen) atoms. The van der Waals surface area contributed by atoms with Crippen molar-refractivity contribution < 1.29 is 9.84 Å². The van der Waals surface area contributed by atoms with Gasteiger partial charge in [-0.1, -0.05) is 12.1 Å². The summed E-state index contributed by atoms with van der Waals surface area (Å²) in [5.41, 5.74) is 1.23. The van der Waals surface area contributed by atoms with Gasteiger partial charge >= 0.3 is 0 Å². The first-order valence-electron chi connectivity index (χ1n) is 4.81. The van der Waals surface area contributed by atoms with Gasteiger partial charge in [-0.25, -0.2) is 0 Å². The summed E-state index contributed by atoms with van der Waals surface area (Å²) in [6.45, 7) is 1.93. The lowest BCUT2D eigenvalue weighted by Crippen LogP contribution is -2.15. The van der Waals surface area contributed by atoms with E-state index in [2.05, 4.69) is 5.32 Å². The van der Waals surface area contributed by atoms with Crippen LogP contribution in [0.5, 0.6) is 5.75 Å². The van der Waals surface area contributed by atoms with E-state index >= 15 is 0 Å². The molecule has 0 unspecified atom stereocenters. The van der Waals surface area contributed by atoms with Crippen molar-refractivity contribution >= 4 is 0 Å². The summed E-state index contributed by atoms with van der Waals surface area (Å²) in [5.74, 6) is 0.879. The molecule has 0 radical (unpaired) electrons. The lowest BCUT2D eigenvalue weighted by Gasteiger charge is -2.04. The van der Waals surface area contributed by atoms with E-state index in [0.29, 0.717) is 0 Å². The average Bonchev–Trinajstić information content (AvgIpc) is 2.25. The van der Waals surface area contributed by atoms with Crippen molar-refractivity contribution in [2.45, 2.75) is 13.0 Å². The summed E-state index contributed by atoms with van der Waals surface area (Å²) in [7, 11) is 1.66. The van der Waals surface area contributed by atoms with Crippen molar-refractivity contribution in [1.82, 2.24) is 5.32 Å². The van der Waals surface area contributed by atoms with Crippen molar-refractivity contribution in [3.8, 4) is 5.75 Å². The first-order chi connectivity index (χ1) is 6.86. The van der Waals surface area contributed by atoms with Crippen LogP contribution in [-0.2, 0) is 6.54 Å². The van der Waals surface area contributed by atoms with Gasteiger partial charge in [0.1, 0.15) is 5.75 Å². The molecule has 0 aliphatic carbocycles. The molecule has 3 nitrogen and oxygen atoms in total. The summed E-state index contributed by atoms with van der Waals surface area (Å²) in [4.78, 5) is 0. The Labute approximate surface area is 84.7 Å². The highest BCUT2D eigenvalue weighted by Crippen LogP contribution is 2.10. The number of ether oxygens (including phenoxy) is 1. The molecule has 0 aliphatic rings. The second-order valence-electron chi connectivity index (χ2n) is 3.10. The SMILES string of the molecule is COc1ccc(CNCCCO)cc1. The number of nitrogens with one attached hydrogen (secondary N) is 1. The van der Waals surface area contributed by atoms with Crippen LogP contribution in [0.3, 0.4) is 0 Å². The van der Waals surface area contributed by atoms with E-state index in [1.165, 1.54) is 5.56 Å². The van der Waals surface area contributed by atoms with Crippen LogP contribution in [0.2, 0.25) is 0 Å². The largest absolute Gasteiger partial charge is 0.497 e. The van der Waals surface area contributed by atoms with E-state index in [-0.39, 0.29) is 6.61 Å². The molecule has 0 bridgehead atoms. The van der Waals surface area contributed by atoms with Crippen molar-refractivity contribution in [3.05, 3.63) is 29.8 Å². The van der Waals surface area contributed by atoms with E-state index in [1.807, 2.05) is 24.3 Å². The zero-order valence-electron chi connectivity index (χ0n) is 8.49. The van der Waals surface area contributed by atoms with Gasteiger partial charge < -0.3 is 15.2 Å². The maximum atomic E-state index is 8.58. The molecular formula is C11H17NO2. The van der Waals surface area contributed by atoms with E-state index < -0.39 is 0 Å². The molecule has 1 rings (SSSR count). The highest BCUT2D eigenvalue weighted by molar-refractivity contribution is 5.26. The molecule has 2 N–H and O–H groups in total. The first kappa shape index (κ1) is 11.0. The summed E-state index contributed by atoms with van der Waals surface area (Å²) in [6.07, 6.45) is 0.802. The van der Waals surface area contributed by atoms with Crippen LogP contribution in [0.25, 0.3) is 0 Å². The molecule has 0 aliphatic heterocycles. The Balaban J connectivity index is 2.29. The third-order valence-corrected chi connectivity index (χ3v) is 2.00. The minimum atomic E-state index is 0.246. The summed E-state index contributed by atoms with van der Waals surface area (Å²) in [5, 5.41) is 11.8. The van der Waals surface area contributed by atoms with Crippen LogP contribution in [0.1, 0.15) is 12.0 Å². The number of hydrogen-bond acceptors (Lipinski definition) is 3. The molecule has 1 aromatic rings. The molecule has 3 heteroatoms. The molecule has 78 valence electrons. The van der Waals surface area contributed by atoms with Gasteiger partial charge in [0.05, 0.1) is 7.11 Å². The van der Waals surface area contributed by atoms with Crippen LogP contribution in [0.15, 0.2) is 24.3 Å². The molecule has 0 fully saturated rings. The Bertz CT molecular complexity index is 246. The van der Waals surface area contributed by atoms with Gasteiger partial charge in [-0.05, 0) is 30.7 Å². The number of methoxy groups -OCH3 is 1. The van der Waals surface area contributed by atoms with E-state index in [4.69, 9.17) is 9.84 Å². The number of rotatable bonds is 6. The van der Waals surface area contributed by atoms with Gasteiger partial charge in [-0.2, -0.15) is 0 Å². The van der Waals surface area contributed by atoms with Crippen molar-refractivity contribution in [2.24, 2.45) is 0 Å². The van der Waals surface area contributed by atoms with Gasteiger partial charge in [0.15, 0.2) is 0 Å². The lowest BCUT2D eigenvalue weighted by molar-refractivity contribution is 0.286. The van der Waals surface area contributed by atoms with Crippen LogP contribution in [0, 0.1) is 0 Å². The molecule has 0 atom stereocenters. The van der Waals surface area contributed by atoms with Gasteiger partial charge in [0.2, 0.25) is 0 Å². The summed E-state index contributed by atoms with van der Waals surface area (Å²) < 4.78 is 5.06. The second kappa shape index (κ2) is 6.40. The highest BCUT2D eigenvalue weighted by Gasteiger charge is 1.93. The number of benzene rings is 1. The monoisotopic (exact) mass is 195 g/mol. The van der Waals surface area contributed by atoms with Crippen LogP contribution < -0.4 is 10.1 Å². The third kappa shape index (κ3) is 3.77. The number of aliphatic hydroxyl groups is 1. The molecule has 0 aromatic heterocycles. The standard InChI is InChI=1S/C11H17NO2/c1-14-11-5-3-10(4-6-11)9-12-7-2-8-13/h3-6,12-13H,2,7-9H2,1H3. The minimum absolute atomic E-state index is 0.246. The van der Waals surface area contributed by atoms with Gasteiger partial charge in [0.25, 0.3) is 0 Å². The Morgan fingerprint density at radius 1 is 1.29 bits per heavy atom. The molecule has 0 amide bonds. The lowest BCUT2D eigenvalue weighted by atomic mass is 10.2. The summed E-state index contributed by atoms with van der Waals surface area (Å²) in [6, 6.07) is 7.96. The number of aliphatic hydroxyl groups excluding tert-OH is 1.